The SMILES string of the molecule is CCN(CCC#N)c1cc(F)ncn1. The zero-order valence-electron chi connectivity index (χ0n) is 7.94. The van der Waals surface area contributed by atoms with Gasteiger partial charge in [-0.3, -0.25) is 0 Å². The second-order valence-corrected chi connectivity index (χ2v) is 2.69. The highest BCUT2D eigenvalue weighted by molar-refractivity contribution is 5.36. The van der Waals surface area contributed by atoms with Gasteiger partial charge in [0.25, 0.3) is 0 Å². The van der Waals surface area contributed by atoms with Gasteiger partial charge in [-0.25, -0.2) is 9.97 Å². The first-order chi connectivity index (χ1) is 6.77. The quantitative estimate of drug-likeness (QED) is 0.679. The third kappa shape index (κ3) is 2.66. The first kappa shape index (κ1) is 10.4. The normalized spacial score (nSPS) is 9.50. The van der Waals surface area contributed by atoms with Gasteiger partial charge in [0, 0.05) is 19.2 Å². The molecule has 1 heterocycles. The smallest absolute Gasteiger partial charge is 0.218 e. The molecule has 0 bridgehead atoms. The molecule has 0 saturated carbocycles. The van der Waals surface area contributed by atoms with Gasteiger partial charge in [0.15, 0.2) is 0 Å². The highest BCUT2D eigenvalue weighted by atomic mass is 19.1. The van der Waals surface area contributed by atoms with Crippen molar-refractivity contribution in [2.45, 2.75) is 13.3 Å². The van der Waals surface area contributed by atoms with Gasteiger partial charge in [-0.2, -0.15) is 9.65 Å². The number of aromatic nitrogens is 2. The molecule has 0 fully saturated rings. The Labute approximate surface area is 82.0 Å². The van der Waals surface area contributed by atoms with Crippen LogP contribution in [0.25, 0.3) is 0 Å². The van der Waals surface area contributed by atoms with Crippen LogP contribution in [0.2, 0.25) is 0 Å². The third-order valence-corrected chi connectivity index (χ3v) is 1.82. The van der Waals surface area contributed by atoms with Crippen molar-refractivity contribution < 1.29 is 4.39 Å². The van der Waals surface area contributed by atoms with Gasteiger partial charge in [-0.1, -0.05) is 0 Å². The van der Waals surface area contributed by atoms with E-state index in [1.165, 1.54) is 12.4 Å². The monoisotopic (exact) mass is 194 g/mol. The Morgan fingerprint density at radius 1 is 1.57 bits per heavy atom. The number of anilines is 1. The zero-order chi connectivity index (χ0) is 10.4. The summed E-state index contributed by atoms with van der Waals surface area (Å²) >= 11 is 0. The van der Waals surface area contributed by atoms with E-state index in [0.29, 0.717) is 25.3 Å². The molecule has 0 saturated heterocycles. The predicted molar refractivity (Wildman–Crippen MR) is 50.1 cm³/mol. The van der Waals surface area contributed by atoms with Crippen LogP contribution in [0.15, 0.2) is 12.4 Å². The van der Waals surface area contributed by atoms with E-state index >= 15 is 0 Å². The molecule has 1 aromatic heterocycles. The number of rotatable bonds is 4. The first-order valence-electron chi connectivity index (χ1n) is 4.37. The lowest BCUT2D eigenvalue weighted by Gasteiger charge is -2.19. The van der Waals surface area contributed by atoms with Crippen molar-refractivity contribution in [1.29, 1.82) is 5.26 Å². The van der Waals surface area contributed by atoms with Gasteiger partial charge >= 0.3 is 0 Å². The van der Waals surface area contributed by atoms with Crippen molar-refractivity contribution in [2.75, 3.05) is 18.0 Å². The molecule has 0 aliphatic heterocycles. The lowest BCUT2D eigenvalue weighted by molar-refractivity contribution is 0.578. The van der Waals surface area contributed by atoms with Crippen LogP contribution in [-0.2, 0) is 0 Å². The summed E-state index contributed by atoms with van der Waals surface area (Å²) in [5.41, 5.74) is 0. The number of halogens is 1. The van der Waals surface area contributed by atoms with E-state index in [0.717, 1.165) is 0 Å². The summed E-state index contributed by atoms with van der Waals surface area (Å²) in [4.78, 5) is 9.12. The van der Waals surface area contributed by atoms with Crippen LogP contribution in [-0.4, -0.2) is 23.1 Å². The van der Waals surface area contributed by atoms with Crippen molar-refractivity contribution in [1.82, 2.24) is 9.97 Å². The van der Waals surface area contributed by atoms with E-state index in [-0.39, 0.29) is 0 Å². The highest BCUT2D eigenvalue weighted by Gasteiger charge is 2.06. The maximum Gasteiger partial charge on any atom is 0.218 e. The maximum absolute atomic E-state index is 12.7. The Balaban J connectivity index is 2.74. The summed E-state index contributed by atoms with van der Waals surface area (Å²) in [6.07, 6.45) is 1.58. The molecule has 1 rings (SSSR count). The first-order valence-corrected chi connectivity index (χ1v) is 4.37. The van der Waals surface area contributed by atoms with Crippen molar-refractivity contribution in [2.24, 2.45) is 0 Å². The fraction of sp³-hybridized carbons (Fsp3) is 0.444. The van der Waals surface area contributed by atoms with Crippen molar-refractivity contribution in [3.63, 3.8) is 0 Å². The van der Waals surface area contributed by atoms with Crippen LogP contribution < -0.4 is 4.90 Å². The molecule has 0 aromatic carbocycles. The molecule has 0 unspecified atom stereocenters. The van der Waals surface area contributed by atoms with E-state index < -0.39 is 5.95 Å². The lowest BCUT2D eigenvalue weighted by Crippen LogP contribution is -2.24. The summed E-state index contributed by atoms with van der Waals surface area (Å²) < 4.78 is 12.7. The summed E-state index contributed by atoms with van der Waals surface area (Å²) in [6, 6.07) is 3.30. The minimum absolute atomic E-state index is 0.402. The standard InChI is InChI=1S/C9H11FN4/c1-2-14(5-3-4-11)9-6-8(10)12-7-13-9/h6-7H,2-3,5H2,1H3. The lowest BCUT2D eigenvalue weighted by atomic mass is 10.4. The Kier molecular flexibility index (Phi) is 3.80. The molecule has 14 heavy (non-hydrogen) atoms. The molecular weight excluding hydrogens is 183 g/mol. The molecule has 0 radical (unpaired) electrons. The topological polar surface area (TPSA) is 52.8 Å². The van der Waals surface area contributed by atoms with Gasteiger partial charge in [-0.05, 0) is 6.92 Å². The molecule has 4 nitrogen and oxygen atoms in total. The molecular formula is C9H11FN4. The predicted octanol–water partition coefficient (Wildman–Crippen LogP) is 1.36. The number of nitriles is 1. The average Bonchev–Trinajstić information content (AvgIpc) is 2.19. The Morgan fingerprint density at radius 3 is 2.93 bits per heavy atom. The van der Waals surface area contributed by atoms with Gasteiger partial charge in [0.05, 0.1) is 12.5 Å². The van der Waals surface area contributed by atoms with Crippen molar-refractivity contribution in [3.8, 4) is 6.07 Å². The van der Waals surface area contributed by atoms with Crippen LogP contribution in [0.5, 0.6) is 0 Å². The molecule has 0 atom stereocenters. The average molecular weight is 194 g/mol. The molecule has 74 valence electrons. The summed E-state index contributed by atoms with van der Waals surface area (Å²) in [5, 5.41) is 8.43. The van der Waals surface area contributed by atoms with Gasteiger partial charge in [0.1, 0.15) is 12.1 Å². The molecule has 0 aliphatic carbocycles. The molecule has 5 heteroatoms. The molecule has 0 N–H and O–H groups in total. The second-order valence-electron chi connectivity index (χ2n) is 2.69. The fourth-order valence-electron chi connectivity index (χ4n) is 1.12. The van der Waals surface area contributed by atoms with Crippen molar-refractivity contribution in [3.05, 3.63) is 18.3 Å². The Morgan fingerprint density at radius 2 is 2.36 bits per heavy atom. The molecule has 0 amide bonds. The molecule has 0 spiro atoms. The Bertz CT molecular complexity index is 334. The summed E-state index contributed by atoms with van der Waals surface area (Å²) in [6.45, 7) is 3.18. The maximum atomic E-state index is 12.7. The van der Waals surface area contributed by atoms with Crippen LogP contribution in [0.4, 0.5) is 10.2 Å². The minimum Gasteiger partial charge on any atom is -0.356 e. The van der Waals surface area contributed by atoms with E-state index in [4.69, 9.17) is 5.26 Å². The van der Waals surface area contributed by atoms with Gasteiger partial charge in [0.2, 0.25) is 5.95 Å². The van der Waals surface area contributed by atoms with Crippen LogP contribution in [0, 0.1) is 17.3 Å². The summed E-state index contributed by atoms with van der Waals surface area (Å²) in [5.74, 6) is -0.0272. The third-order valence-electron chi connectivity index (χ3n) is 1.82. The largest absolute Gasteiger partial charge is 0.356 e. The molecule has 0 aliphatic rings. The zero-order valence-corrected chi connectivity index (χ0v) is 7.94. The van der Waals surface area contributed by atoms with E-state index in [2.05, 4.69) is 9.97 Å². The van der Waals surface area contributed by atoms with Crippen LogP contribution in [0.3, 0.4) is 0 Å². The Hall–Kier alpha value is -1.70. The number of hydrogen-bond donors (Lipinski definition) is 0. The van der Waals surface area contributed by atoms with Crippen LogP contribution >= 0.6 is 0 Å². The van der Waals surface area contributed by atoms with Crippen molar-refractivity contribution >= 4 is 5.82 Å². The van der Waals surface area contributed by atoms with Crippen LogP contribution in [0.1, 0.15) is 13.3 Å². The van der Waals surface area contributed by atoms with Gasteiger partial charge in [-0.15, -0.1) is 0 Å². The highest BCUT2D eigenvalue weighted by Crippen LogP contribution is 2.09. The van der Waals surface area contributed by atoms with E-state index in [1.807, 2.05) is 17.9 Å². The van der Waals surface area contributed by atoms with E-state index in [9.17, 15) is 4.39 Å². The molecule has 1 aromatic rings. The minimum atomic E-state index is -0.551. The fourth-order valence-corrected chi connectivity index (χ4v) is 1.12. The number of hydrogen-bond acceptors (Lipinski definition) is 4. The van der Waals surface area contributed by atoms with Gasteiger partial charge < -0.3 is 4.90 Å². The summed E-state index contributed by atoms with van der Waals surface area (Å²) in [7, 11) is 0. The van der Waals surface area contributed by atoms with E-state index in [1.54, 1.807) is 0 Å². The second kappa shape index (κ2) is 5.12. The number of nitrogens with zero attached hydrogens (tertiary/aromatic N) is 4.